The fourth-order valence-electron chi connectivity index (χ4n) is 1.63. The van der Waals surface area contributed by atoms with Crippen molar-refractivity contribution in [2.45, 2.75) is 19.8 Å². The Morgan fingerprint density at radius 2 is 1.95 bits per heavy atom. The highest BCUT2D eigenvalue weighted by molar-refractivity contribution is 5.77. The summed E-state index contributed by atoms with van der Waals surface area (Å²) in [6.07, 6.45) is 0. The van der Waals surface area contributed by atoms with Crippen LogP contribution in [-0.2, 0) is 4.79 Å². The summed E-state index contributed by atoms with van der Waals surface area (Å²) >= 11 is 0. The molecule has 0 aliphatic heterocycles. The Hall–Kier alpha value is -1.86. The molecule has 4 nitrogen and oxygen atoms in total. The molecule has 0 aromatic heterocycles. The van der Waals surface area contributed by atoms with Crippen LogP contribution in [0.25, 0.3) is 0 Å². The van der Waals surface area contributed by atoms with Gasteiger partial charge in [-0.1, -0.05) is 44.2 Å². The standard InChI is InChI=1S/C15H21N3O/c1-12(2)9-18-15(19)11-17-10-14(8-16)13-6-4-3-5-7-13/h3-7,12,14,17H,9-11H2,1-2H3,(H,18,19). The zero-order valence-corrected chi connectivity index (χ0v) is 11.5. The Morgan fingerprint density at radius 3 is 2.53 bits per heavy atom. The van der Waals surface area contributed by atoms with Crippen molar-refractivity contribution in [2.24, 2.45) is 5.92 Å². The second kappa shape index (κ2) is 8.28. The summed E-state index contributed by atoms with van der Waals surface area (Å²) in [4.78, 5) is 11.5. The molecule has 0 fully saturated rings. The van der Waals surface area contributed by atoms with Crippen molar-refractivity contribution < 1.29 is 4.79 Å². The minimum Gasteiger partial charge on any atom is -0.355 e. The number of hydrogen-bond acceptors (Lipinski definition) is 3. The first kappa shape index (κ1) is 15.2. The van der Waals surface area contributed by atoms with Gasteiger partial charge in [0.25, 0.3) is 0 Å². The molecule has 4 heteroatoms. The van der Waals surface area contributed by atoms with E-state index in [0.29, 0.717) is 19.0 Å². The minimum absolute atomic E-state index is 0.0292. The predicted octanol–water partition coefficient (Wildman–Crippen LogP) is 1.66. The van der Waals surface area contributed by atoms with E-state index < -0.39 is 0 Å². The van der Waals surface area contributed by atoms with Gasteiger partial charge in [0.05, 0.1) is 18.5 Å². The number of carbonyl (C=O) groups excluding carboxylic acids is 1. The number of carbonyl (C=O) groups is 1. The summed E-state index contributed by atoms with van der Waals surface area (Å²) < 4.78 is 0. The Balaban J connectivity index is 2.32. The number of nitrogens with zero attached hydrogens (tertiary/aromatic N) is 1. The van der Waals surface area contributed by atoms with Crippen LogP contribution in [0.15, 0.2) is 30.3 Å². The Bertz CT molecular complexity index is 423. The number of rotatable bonds is 7. The van der Waals surface area contributed by atoms with Gasteiger partial charge in [-0.2, -0.15) is 5.26 Å². The van der Waals surface area contributed by atoms with Gasteiger partial charge in [0.15, 0.2) is 0 Å². The first-order chi connectivity index (χ1) is 9.13. The van der Waals surface area contributed by atoms with Crippen LogP contribution in [0.5, 0.6) is 0 Å². The number of amides is 1. The topological polar surface area (TPSA) is 64.9 Å². The van der Waals surface area contributed by atoms with Crippen LogP contribution in [0.3, 0.4) is 0 Å². The maximum Gasteiger partial charge on any atom is 0.233 e. The van der Waals surface area contributed by atoms with Gasteiger partial charge in [0.1, 0.15) is 0 Å². The van der Waals surface area contributed by atoms with Crippen LogP contribution >= 0.6 is 0 Å². The van der Waals surface area contributed by atoms with Crippen LogP contribution in [0, 0.1) is 17.2 Å². The van der Waals surface area contributed by atoms with E-state index in [1.165, 1.54) is 0 Å². The summed E-state index contributed by atoms with van der Waals surface area (Å²) in [5.41, 5.74) is 0.972. The lowest BCUT2D eigenvalue weighted by molar-refractivity contribution is -0.120. The molecule has 1 amide bonds. The van der Waals surface area contributed by atoms with Crippen molar-refractivity contribution in [3.8, 4) is 6.07 Å². The van der Waals surface area contributed by atoms with Gasteiger partial charge < -0.3 is 10.6 Å². The second-order valence-corrected chi connectivity index (χ2v) is 4.92. The van der Waals surface area contributed by atoms with Gasteiger partial charge in [-0.25, -0.2) is 0 Å². The summed E-state index contributed by atoms with van der Waals surface area (Å²) in [5, 5.41) is 15.0. The lowest BCUT2D eigenvalue weighted by atomic mass is 10.0. The summed E-state index contributed by atoms with van der Waals surface area (Å²) in [6.45, 7) is 5.51. The van der Waals surface area contributed by atoms with Crippen molar-refractivity contribution in [2.75, 3.05) is 19.6 Å². The molecule has 0 spiro atoms. The predicted molar refractivity (Wildman–Crippen MR) is 75.5 cm³/mol. The van der Waals surface area contributed by atoms with E-state index in [2.05, 4.69) is 30.6 Å². The molecular formula is C15H21N3O. The molecule has 0 radical (unpaired) electrons. The monoisotopic (exact) mass is 259 g/mol. The highest BCUT2D eigenvalue weighted by Gasteiger charge is 2.10. The average molecular weight is 259 g/mol. The first-order valence-electron chi connectivity index (χ1n) is 6.55. The molecule has 0 aliphatic carbocycles. The lowest BCUT2D eigenvalue weighted by Crippen LogP contribution is -2.37. The first-order valence-corrected chi connectivity index (χ1v) is 6.55. The summed E-state index contributed by atoms with van der Waals surface area (Å²) in [7, 11) is 0. The number of benzene rings is 1. The number of hydrogen-bond donors (Lipinski definition) is 2. The third-order valence-electron chi connectivity index (χ3n) is 2.70. The third kappa shape index (κ3) is 6.03. The Morgan fingerprint density at radius 1 is 1.26 bits per heavy atom. The smallest absolute Gasteiger partial charge is 0.233 e. The fourth-order valence-corrected chi connectivity index (χ4v) is 1.63. The van der Waals surface area contributed by atoms with E-state index in [4.69, 9.17) is 5.26 Å². The second-order valence-electron chi connectivity index (χ2n) is 4.92. The zero-order chi connectivity index (χ0) is 14.1. The van der Waals surface area contributed by atoms with Crippen molar-refractivity contribution in [1.29, 1.82) is 5.26 Å². The van der Waals surface area contributed by atoms with Gasteiger partial charge in [-0.15, -0.1) is 0 Å². The van der Waals surface area contributed by atoms with Crippen molar-refractivity contribution in [3.05, 3.63) is 35.9 Å². The van der Waals surface area contributed by atoms with E-state index >= 15 is 0 Å². The van der Waals surface area contributed by atoms with Crippen LogP contribution in [0.1, 0.15) is 25.3 Å². The molecule has 2 N–H and O–H groups in total. The average Bonchev–Trinajstić information content (AvgIpc) is 2.42. The van der Waals surface area contributed by atoms with E-state index in [1.807, 2.05) is 30.3 Å². The maximum absolute atomic E-state index is 11.5. The van der Waals surface area contributed by atoms with E-state index in [0.717, 1.165) is 5.56 Å². The van der Waals surface area contributed by atoms with Crippen LogP contribution < -0.4 is 10.6 Å². The van der Waals surface area contributed by atoms with Gasteiger partial charge in [0, 0.05) is 13.1 Å². The van der Waals surface area contributed by atoms with Crippen LogP contribution in [-0.4, -0.2) is 25.5 Å². The number of nitrogens with one attached hydrogen (secondary N) is 2. The van der Waals surface area contributed by atoms with E-state index in [1.54, 1.807) is 0 Å². The van der Waals surface area contributed by atoms with E-state index in [9.17, 15) is 4.79 Å². The summed E-state index contributed by atoms with van der Waals surface area (Å²) in [6, 6.07) is 11.8. The van der Waals surface area contributed by atoms with Gasteiger partial charge >= 0.3 is 0 Å². The molecule has 0 bridgehead atoms. The molecule has 1 atom stereocenters. The molecule has 0 heterocycles. The third-order valence-corrected chi connectivity index (χ3v) is 2.70. The molecule has 1 unspecified atom stereocenters. The lowest BCUT2D eigenvalue weighted by Gasteiger charge is -2.11. The number of nitriles is 1. The molecule has 1 aromatic rings. The largest absolute Gasteiger partial charge is 0.355 e. The van der Waals surface area contributed by atoms with E-state index in [-0.39, 0.29) is 18.4 Å². The van der Waals surface area contributed by atoms with Crippen molar-refractivity contribution >= 4 is 5.91 Å². The van der Waals surface area contributed by atoms with Crippen LogP contribution in [0.2, 0.25) is 0 Å². The van der Waals surface area contributed by atoms with Gasteiger partial charge in [-0.3, -0.25) is 4.79 Å². The Labute approximate surface area is 114 Å². The SMILES string of the molecule is CC(C)CNC(=O)CNCC(C#N)c1ccccc1. The quantitative estimate of drug-likeness (QED) is 0.782. The minimum atomic E-state index is -0.223. The molecule has 0 saturated carbocycles. The highest BCUT2D eigenvalue weighted by atomic mass is 16.1. The van der Waals surface area contributed by atoms with Gasteiger partial charge in [-0.05, 0) is 11.5 Å². The molecule has 19 heavy (non-hydrogen) atoms. The summed E-state index contributed by atoms with van der Waals surface area (Å²) in [5.74, 6) is 0.192. The molecule has 0 aliphatic rings. The molecule has 102 valence electrons. The molecule has 0 saturated heterocycles. The molecule has 1 rings (SSSR count). The highest BCUT2D eigenvalue weighted by Crippen LogP contribution is 2.12. The Kier molecular flexibility index (Phi) is 6.62. The maximum atomic E-state index is 11.5. The zero-order valence-electron chi connectivity index (χ0n) is 11.5. The normalized spacial score (nSPS) is 11.9. The molecule has 1 aromatic carbocycles. The van der Waals surface area contributed by atoms with Gasteiger partial charge in [0.2, 0.25) is 5.91 Å². The van der Waals surface area contributed by atoms with Crippen molar-refractivity contribution in [3.63, 3.8) is 0 Å². The fraction of sp³-hybridized carbons (Fsp3) is 0.467. The molecular weight excluding hydrogens is 238 g/mol. The van der Waals surface area contributed by atoms with Crippen LogP contribution in [0.4, 0.5) is 0 Å². The van der Waals surface area contributed by atoms with Crippen molar-refractivity contribution in [1.82, 2.24) is 10.6 Å².